The summed E-state index contributed by atoms with van der Waals surface area (Å²) in [5, 5.41) is 13.7. The van der Waals surface area contributed by atoms with Crippen LogP contribution in [0.5, 0.6) is 0 Å². The third-order valence-electron chi connectivity index (χ3n) is 4.51. The molecule has 0 aliphatic carbocycles. The Morgan fingerprint density at radius 2 is 2.12 bits per heavy atom. The van der Waals surface area contributed by atoms with Crippen LogP contribution in [-0.2, 0) is 11.3 Å². The number of nitrogens with one attached hydrogen (secondary N) is 1. The van der Waals surface area contributed by atoms with E-state index >= 15 is 0 Å². The molecule has 2 aromatic rings. The van der Waals surface area contributed by atoms with Gasteiger partial charge in [0.2, 0.25) is 5.91 Å². The summed E-state index contributed by atoms with van der Waals surface area (Å²) >= 11 is 0. The van der Waals surface area contributed by atoms with Crippen molar-refractivity contribution in [2.45, 2.75) is 51.6 Å². The Morgan fingerprint density at radius 3 is 2.69 bits per heavy atom. The fraction of sp³-hybridized carbons (Fsp3) is 0.444. The Bertz CT molecular complexity index is 915. The lowest BCUT2D eigenvalue weighted by molar-refractivity contribution is -0.384. The number of rotatable bonds is 8. The number of oxazole rings is 1. The standard InChI is InChI=1S/C18H21N3O5/c1-4-18(5-2,6-3)19-16(22)8-7-11-20-14-10-9-13(21(24)25)12-15(14)26-17(20)23/h1,9-10,12H,5-8,11H2,2-3H3,(H,19,22). The van der Waals surface area contributed by atoms with E-state index in [0.717, 1.165) is 0 Å². The van der Waals surface area contributed by atoms with Gasteiger partial charge in [0, 0.05) is 19.0 Å². The highest BCUT2D eigenvalue weighted by Crippen LogP contribution is 2.20. The molecule has 0 bridgehead atoms. The molecule has 0 saturated heterocycles. The Kier molecular flexibility index (Phi) is 5.82. The number of fused-ring (bicyclic) bond motifs is 1. The Morgan fingerprint density at radius 1 is 1.42 bits per heavy atom. The molecular formula is C18H21N3O5. The zero-order valence-electron chi connectivity index (χ0n) is 14.8. The highest BCUT2D eigenvalue weighted by atomic mass is 16.6. The summed E-state index contributed by atoms with van der Waals surface area (Å²) in [7, 11) is 0. The molecule has 2 rings (SSSR count). The van der Waals surface area contributed by atoms with Crippen molar-refractivity contribution in [2.75, 3.05) is 0 Å². The second kappa shape index (κ2) is 7.87. The number of hydrogen-bond acceptors (Lipinski definition) is 5. The van der Waals surface area contributed by atoms with Crippen LogP contribution in [-0.4, -0.2) is 20.9 Å². The van der Waals surface area contributed by atoms with E-state index in [1.54, 1.807) is 0 Å². The molecule has 0 atom stereocenters. The third kappa shape index (κ3) is 3.94. The van der Waals surface area contributed by atoms with Gasteiger partial charge in [-0.2, -0.15) is 0 Å². The normalized spacial score (nSPS) is 11.3. The molecule has 138 valence electrons. The first kappa shape index (κ1) is 19.2. The van der Waals surface area contributed by atoms with Crippen LogP contribution in [0.4, 0.5) is 5.69 Å². The van der Waals surface area contributed by atoms with Crippen molar-refractivity contribution in [1.82, 2.24) is 9.88 Å². The average molecular weight is 359 g/mol. The van der Waals surface area contributed by atoms with Gasteiger partial charge in [0.05, 0.1) is 16.5 Å². The number of nitro groups is 1. The summed E-state index contributed by atoms with van der Waals surface area (Å²) in [4.78, 5) is 34.3. The maximum absolute atomic E-state index is 12.1. The second-order valence-corrected chi connectivity index (χ2v) is 6.01. The molecule has 0 aliphatic rings. The van der Waals surface area contributed by atoms with Crippen molar-refractivity contribution in [3.8, 4) is 12.3 Å². The summed E-state index contributed by atoms with van der Waals surface area (Å²) in [6.07, 6.45) is 7.41. The number of aromatic nitrogens is 1. The number of benzene rings is 1. The summed E-state index contributed by atoms with van der Waals surface area (Å²) < 4.78 is 6.42. The van der Waals surface area contributed by atoms with E-state index in [4.69, 9.17) is 10.8 Å². The molecule has 0 spiro atoms. The second-order valence-electron chi connectivity index (χ2n) is 6.01. The van der Waals surface area contributed by atoms with Crippen LogP contribution >= 0.6 is 0 Å². The molecule has 1 aromatic heterocycles. The maximum atomic E-state index is 12.1. The fourth-order valence-electron chi connectivity index (χ4n) is 2.77. The van der Waals surface area contributed by atoms with Gasteiger partial charge in [-0.15, -0.1) is 6.42 Å². The van der Waals surface area contributed by atoms with E-state index in [0.29, 0.717) is 24.8 Å². The zero-order valence-corrected chi connectivity index (χ0v) is 14.8. The molecular weight excluding hydrogens is 338 g/mol. The van der Waals surface area contributed by atoms with Gasteiger partial charge in [0.15, 0.2) is 5.58 Å². The number of non-ortho nitro benzene ring substituents is 1. The van der Waals surface area contributed by atoms with E-state index in [1.165, 1.54) is 22.8 Å². The van der Waals surface area contributed by atoms with Crippen LogP contribution in [0, 0.1) is 22.5 Å². The van der Waals surface area contributed by atoms with E-state index < -0.39 is 16.2 Å². The van der Waals surface area contributed by atoms with E-state index in [1.807, 2.05) is 13.8 Å². The SMILES string of the molecule is C#CC(CC)(CC)NC(=O)CCCn1c(=O)oc2cc([N+](=O)[O-])ccc21. The molecule has 1 heterocycles. The highest BCUT2D eigenvalue weighted by molar-refractivity contribution is 5.77. The van der Waals surface area contributed by atoms with Gasteiger partial charge < -0.3 is 9.73 Å². The van der Waals surface area contributed by atoms with Crippen molar-refractivity contribution in [3.63, 3.8) is 0 Å². The minimum absolute atomic E-state index is 0.150. The molecule has 1 amide bonds. The van der Waals surface area contributed by atoms with Gasteiger partial charge >= 0.3 is 5.76 Å². The van der Waals surface area contributed by atoms with Gasteiger partial charge in [-0.05, 0) is 25.3 Å². The molecule has 0 fully saturated rings. The molecule has 1 N–H and O–H groups in total. The zero-order chi connectivity index (χ0) is 19.3. The van der Waals surface area contributed by atoms with Crippen molar-refractivity contribution >= 4 is 22.7 Å². The summed E-state index contributed by atoms with van der Waals surface area (Å²) in [5.74, 6) is 1.85. The minimum Gasteiger partial charge on any atom is -0.407 e. The summed E-state index contributed by atoms with van der Waals surface area (Å²) in [6.45, 7) is 4.10. The van der Waals surface area contributed by atoms with Crippen LogP contribution in [0.1, 0.15) is 39.5 Å². The van der Waals surface area contributed by atoms with E-state index in [-0.39, 0.29) is 30.1 Å². The van der Waals surface area contributed by atoms with Crippen LogP contribution in [0.2, 0.25) is 0 Å². The van der Waals surface area contributed by atoms with Gasteiger partial charge in [0.25, 0.3) is 5.69 Å². The van der Waals surface area contributed by atoms with Crippen LogP contribution in [0.3, 0.4) is 0 Å². The van der Waals surface area contributed by atoms with Crippen molar-refractivity contribution in [2.24, 2.45) is 0 Å². The molecule has 0 saturated carbocycles. The van der Waals surface area contributed by atoms with Gasteiger partial charge in [0.1, 0.15) is 5.54 Å². The van der Waals surface area contributed by atoms with E-state index in [2.05, 4.69) is 11.2 Å². The molecule has 0 radical (unpaired) electrons. The smallest absolute Gasteiger partial charge is 0.407 e. The van der Waals surface area contributed by atoms with Crippen molar-refractivity contribution < 1.29 is 14.1 Å². The van der Waals surface area contributed by atoms with Crippen molar-refractivity contribution in [3.05, 3.63) is 38.9 Å². The number of carbonyl (C=O) groups excluding carboxylic acids is 1. The molecule has 8 heteroatoms. The molecule has 0 aliphatic heterocycles. The van der Waals surface area contributed by atoms with E-state index in [9.17, 15) is 19.7 Å². The first-order valence-electron chi connectivity index (χ1n) is 8.42. The number of terminal acetylenes is 1. The predicted octanol–water partition coefficient (Wildman–Crippen LogP) is 2.59. The van der Waals surface area contributed by atoms with Crippen LogP contribution in [0.15, 0.2) is 27.4 Å². The molecule has 8 nitrogen and oxygen atoms in total. The van der Waals surface area contributed by atoms with Gasteiger partial charge in [-0.3, -0.25) is 19.5 Å². The summed E-state index contributed by atoms with van der Waals surface area (Å²) in [5.41, 5.74) is -0.185. The Balaban J connectivity index is 2.05. The number of aryl methyl sites for hydroxylation is 1. The topological polar surface area (TPSA) is 107 Å². The predicted molar refractivity (Wildman–Crippen MR) is 96.7 cm³/mol. The monoisotopic (exact) mass is 359 g/mol. The molecule has 0 unspecified atom stereocenters. The quantitative estimate of drug-likeness (QED) is 0.443. The number of nitrogens with zero attached hydrogens (tertiary/aromatic N) is 2. The lowest BCUT2D eigenvalue weighted by atomic mass is 9.93. The number of amides is 1. The van der Waals surface area contributed by atoms with Crippen LogP contribution in [0.25, 0.3) is 11.1 Å². The molecule has 1 aromatic carbocycles. The fourth-order valence-corrected chi connectivity index (χ4v) is 2.77. The van der Waals surface area contributed by atoms with Crippen molar-refractivity contribution in [1.29, 1.82) is 0 Å². The first-order chi connectivity index (χ1) is 12.4. The first-order valence-corrected chi connectivity index (χ1v) is 8.42. The maximum Gasteiger partial charge on any atom is 0.419 e. The number of carbonyl (C=O) groups is 1. The molecule has 26 heavy (non-hydrogen) atoms. The highest BCUT2D eigenvalue weighted by Gasteiger charge is 2.25. The van der Waals surface area contributed by atoms with Gasteiger partial charge in [-0.25, -0.2) is 4.79 Å². The lowest BCUT2D eigenvalue weighted by Gasteiger charge is -2.27. The minimum atomic E-state index is -0.644. The Hall–Kier alpha value is -3.08. The van der Waals surface area contributed by atoms with Crippen LogP contribution < -0.4 is 11.1 Å². The average Bonchev–Trinajstić information content (AvgIpc) is 2.94. The summed E-state index contributed by atoms with van der Waals surface area (Å²) in [6, 6.07) is 3.99. The third-order valence-corrected chi connectivity index (χ3v) is 4.51. The number of nitro benzene ring substituents is 1. The lowest BCUT2D eigenvalue weighted by Crippen LogP contribution is -2.46. The Labute approximate surface area is 150 Å². The largest absolute Gasteiger partial charge is 0.419 e. The number of hydrogen-bond donors (Lipinski definition) is 1. The van der Waals surface area contributed by atoms with Gasteiger partial charge in [-0.1, -0.05) is 19.8 Å².